The van der Waals surface area contributed by atoms with Gasteiger partial charge in [0, 0.05) is 12.7 Å². The molecule has 0 radical (unpaired) electrons. The summed E-state index contributed by atoms with van der Waals surface area (Å²) in [4.78, 5) is 11.7. The number of carbonyl (C=O) groups is 1. The highest BCUT2D eigenvalue weighted by molar-refractivity contribution is 6.42. The average molecular weight is 286 g/mol. The van der Waals surface area contributed by atoms with E-state index in [0.29, 0.717) is 21.6 Å². The standard InChI is InChI=1S/C10H9Cl2N5O/c1-17-9(14-15-16-17)5-10(18)13-6-2-3-7(11)8(12)4-6/h2-4H,5H2,1H3,(H,13,18). The van der Waals surface area contributed by atoms with Gasteiger partial charge in [-0.2, -0.15) is 0 Å². The van der Waals surface area contributed by atoms with Gasteiger partial charge in [0.05, 0.1) is 16.5 Å². The summed E-state index contributed by atoms with van der Waals surface area (Å²) < 4.78 is 1.44. The van der Waals surface area contributed by atoms with Crippen LogP contribution in [0.15, 0.2) is 18.2 Å². The summed E-state index contributed by atoms with van der Waals surface area (Å²) in [5, 5.41) is 14.3. The molecule has 0 bridgehead atoms. The monoisotopic (exact) mass is 285 g/mol. The number of aryl methyl sites for hydroxylation is 1. The first-order chi connectivity index (χ1) is 8.56. The van der Waals surface area contributed by atoms with E-state index in [9.17, 15) is 4.79 Å². The highest BCUT2D eigenvalue weighted by Gasteiger charge is 2.10. The molecule has 0 aliphatic rings. The molecule has 2 aromatic rings. The van der Waals surface area contributed by atoms with E-state index in [-0.39, 0.29) is 12.3 Å². The van der Waals surface area contributed by atoms with Crippen molar-refractivity contribution < 1.29 is 4.79 Å². The Hall–Kier alpha value is -1.66. The van der Waals surface area contributed by atoms with Crippen LogP contribution < -0.4 is 5.32 Å². The first-order valence-electron chi connectivity index (χ1n) is 5.02. The summed E-state index contributed by atoms with van der Waals surface area (Å²) >= 11 is 11.6. The molecule has 8 heteroatoms. The Kier molecular flexibility index (Phi) is 3.78. The lowest BCUT2D eigenvalue weighted by molar-refractivity contribution is -0.115. The van der Waals surface area contributed by atoms with E-state index in [1.165, 1.54) is 4.68 Å². The Morgan fingerprint density at radius 2 is 2.17 bits per heavy atom. The predicted octanol–water partition coefficient (Wildman–Crippen LogP) is 1.70. The van der Waals surface area contributed by atoms with Gasteiger partial charge in [-0.05, 0) is 28.6 Å². The van der Waals surface area contributed by atoms with Gasteiger partial charge in [-0.3, -0.25) is 4.79 Å². The van der Waals surface area contributed by atoms with Crippen molar-refractivity contribution in [1.29, 1.82) is 0 Å². The minimum absolute atomic E-state index is 0.0870. The van der Waals surface area contributed by atoms with Crippen molar-refractivity contribution in [3.63, 3.8) is 0 Å². The number of carbonyl (C=O) groups excluding carboxylic acids is 1. The Labute approximate surface area is 113 Å². The maximum atomic E-state index is 11.7. The molecule has 94 valence electrons. The molecule has 0 saturated carbocycles. The molecule has 0 fully saturated rings. The maximum Gasteiger partial charge on any atom is 0.232 e. The summed E-state index contributed by atoms with van der Waals surface area (Å²) in [6, 6.07) is 4.86. The van der Waals surface area contributed by atoms with E-state index in [0.717, 1.165) is 0 Å². The van der Waals surface area contributed by atoms with Gasteiger partial charge in [-0.15, -0.1) is 5.10 Å². The van der Waals surface area contributed by atoms with E-state index < -0.39 is 0 Å². The second kappa shape index (κ2) is 5.32. The number of hydrogen-bond donors (Lipinski definition) is 1. The molecule has 0 aliphatic heterocycles. The number of halogens is 2. The molecule has 1 amide bonds. The molecule has 6 nitrogen and oxygen atoms in total. The average Bonchev–Trinajstić information content (AvgIpc) is 2.70. The fourth-order valence-corrected chi connectivity index (χ4v) is 1.62. The zero-order valence-corrected chi connectivity index (χ0v) is 10.9. The molecule has 2 rings (SSSR count). The van der Waals surface area contributed by atoms with Gasteiger partial charge in [0.15, 0.2) is 5.82 Å². The molecule has 1 N–H and O–H groups in total. The van der Waals surface area contributed by atoms with Crippen molar-refractivity contribution in [1.82, 2.24) is 20.2 Å². The topological polar surface area (TPSA) is 72.7 Å². The summed E-state index contributed by atoms with van der Waals surface area (Å²) in [6.45, 7) is 0. The van der Waals surface area contributed by atoms with Gasteiger partial charge in [-0.25, -0.2) is 4.68 Å². The van der Waals surface area contributed by atoms with Crippen molar-refractivity contribution in [2.75, 3.05) is 5.32 Å². The summed E-state index contributed by atoms with van der Waals surface area (Å²) in [5.41, 5.74) is 0.574. The Morgan fingerprint density at radius 1 is 1.39 bits per heavy atom. The van der Waals surface area contributed by atoms with E-state index in [2.05, 4.69) is 20.8 Å². The van der Waals surface area contributed by atoms with Crippen molar-refractivity contribution >= 4 is 34.8 Å². The minimum atomic E-state index is -0.230. The van der Waals surface area contributed by atoms with Crippen molar-refractivity contribution in [2.24, 2.45) is 7.05 Å². The van der Waals surface area contributed by atoms with Crippen LogP contribution in [0.2, 0.25) is 10.0 Å². The second-order valence-electron chi connectivity index (χ2n) is 3.57. The molecular formula is C10H9Cl2N5O. The van der Waals surface area contributed by atoms with E-state index in [4.69, 9.17) is 23.2 Å². The fourth-order valence-electron chi connectivity index (χ4n) is 1.32. The Morgan fingerprint density at radius 3 is 2.78 bits per heavy atom. The molecule has 0 saturated heterocycles. The zero-order valence-electron chi connectivity index (χ0n) is 9.39. The molecule has 18 heavy (non-hydrogen) atoms. The molecule has 0 spiro atoms. The largest absolute Gasteiger partial charge is 0.326 e. The van der Waals surface area contributed by atoms with Gasteiger partial charge >= 0.3 is 0 Å². The molecule has 0 unspecified atom stereocenters. The number of aromatic nitrogens is 4. The van der Waals surface area contributed by atoms with Crippen LogP contribution in [0.3, 0.4) is 0 Å². The van der Waals surface area contributed by atoms with E-state index in [1.807, 2.05) is 0 Å². The SMILES string of the molecule is Cn1nnnc1CC(=O)Nc1ccc(Cl)c(Cl)c1. The first kappa shape index (κ1) is 12.8. The number of benzene rings is 1. The number of anilines is 1. The first-order valence-corrected chi connectivity index (χ1v) is 5.78. The third-order valence-corrected chi connectivity index (χ3v) is 2.97. The number of tetrazole rings is 1. The number of nitrogens with zero attached hydrogens (tertiary/aromatic N) is 4. The number of rotatable bonds is 3. The van der Waals surface area contributed by atoms with Crippen molar-refractivity contribution in [3.05, 3.63) is 34.1 Å². The molecule has 1 aromatic heterocycles. The third kappa shape index (κ3) is 2.96. The molecule has 0 atom stereocenters. The lowest BCUT2D eigenvalue weighted by atomic mass is 10.3. The van der Waals surface area contributed by atoms with Crippen LogP contribution in [-0.4, -0.2) is 26.1 Å². The van der Waals surface area contributed by atoms with Crippen molar-refractivity contribution in [3.8, 4) is 0 Å². The van der Waals surface area contributed by atoms with Crippen LogP contribution in [0.1, 0.15) is 5.82 Å². The van der Waals surface area contributed by atoms with Gasteiger partial charge in [0.2, 0.25) is 5.91 Å². The van der Waals surface area contributed by atoms with Crippen LogP contribution in [0.4, 0.5) is 5.69 Å². The zero-order chi connectivity index (χ0) is 13.1. The van der Waals surface area contributed by atoms with Crippen LogP contribution in [0.5, 0.6) is 0 Å². The van der Waals surface area contributed by atoms with Crippen LogP contribution in [0, 0.1) is 0 Å². The highest BCUT2D eigenvalue weighted by Crippen LogP contribution is 2.24. The van der Waals surface area contributed by atoms with Gasteiger partial charge < -0.3 is 5.32 Å². The minimum Gasteiger partial charge on any atom is -0.326 e. The molecule has 0 aliphatic carbocycles. The third-order valence-electron chi connectivity index (χ3n) is 2.23. The summed E-state index contributed by atoms with van der Waals surface area (Å²) in [5.74, 6) is 0.249. The normalized spacial score (nSPS) is 10.4. The van der Waals surface area contributed by atoms with Crippen molar-refractivity contribution in [2.45, 2.75) is 6.42 Å². The molecular weight excluding hydrogens is 277 g/mol. The van der Waals surface area contributed by atoms with Gasteiger partial charge in [0.25, 0.3) is 0 Å². The maximum absolute atomic E-state index is 11.7. The fraction of sp³-hybridized carbons (Fsp3) is 0.200. The van der Waals surface area contributed by atoms with Crippen LogP contribution in [0.25, 0.3) is 0 Å². The molecule has 1 aromatic carbocycles. The quantitative estimate of drug-likeness (QED) is 0.932. The number of amides is 1. The van der Waals surface area contributed by atoms with Crippen LogP contribution >= 0.6 is 23.2 Å². The summed E-state index contributed by atoms with van der Waals surface area (Å²) in [6.07, 6.45) is 0.0870. The van der Waals surface area contributed by atoms with Gasteiger partial charge in [0.1, 0.15) is 0 Å². The second-order valence-corrected chi connectivity index (χ2v) is 4.39. The van der Waals surface area contributed by atoms with E-state index in [1.54, 1.807) is 25.2 Å². The van der Waals surface area contributed by atoms with Gasteiger partial charge in [-0.1, -0.05) is 23.2 Å². The summed E-state index contributed by atoms with van der Waals surface area (Å²) in [7, 11) is 1.67. The number of hydrogen-bond acceptors (Lipinski definition) is 4. The predicted molar refractivity (Wildman–Crippen MR) is 67.6 cm³/mol. The lowest BCUT2D eigenvalue weighted by Crippen LogP contribution is -2.17. The Bertz CT molecular complexity index is 583. The highest BCUT2D eigenvalue weighted by atomic mass is 35.5. The lowest BCUT2D eigenvalue weighted by Gasteiger charge is -2.05. The van der Waals surface area contributed by atoms with E-state index >= 15 is 0 Å². The molecule has 1 heterocycles. The smallest absolute Gasteiger partial charge is 0.232 e. The Balaban J connectivity index is 2.03. The van der Waals surface area contributed by atoms with Crippen LogP contribution in [-0.2, 0) is 18.3 Å². The number of nitrogens with one attached hydrogen (secondary N) is 1.